The fourth-order valence-electron chi connectivity index (χ4n) is 3.99. The smallest absolute Gasteiger partial charge is 0.227 e. The summed E-state index contributed by atoms with van der Waals surface area (Å²) < 4.78 is 24.8. The summed E-state index contributed by atoms with van der Waals surface area (Å²) in [6.07, 6.45) is 4.42. The van der Waals surface area contributed by atoms with Gasteiger partial charge in [0.2, 0.25) is 15.9 Å². The highest BCUT2D eigenvalue weighted by Gasteiger charge is 2.35. The van der Waals surface area contributed by atoms with Crippen molar-refractivity contribution >= 4 is 27.5 Å². The molecular weight excluding hydrogens is 360 g/mol. The summed E-state index contributed by atoms with van der Waals surface area (Å²) in [6, 6.07) is 7.48. The number of likely N-dealkylation sites (tertiary alicyclic amines) is 1. The minimum Gasteiger partial charge on any atom is -0.342 e. The fourth-order valence-corrected chi connectivity index (χ4v) is 5.07. The van der Waals surface area contributed by atoms with Gasteiger partial charge in [0.15, 0.2) is 0 Å². The molecule has 0 spiro atoms. The Kier molecular flexibility index (Phi) is 5.71. The second kappa shape index (κ2) is 7.64. The van der Waals surface area contributed by atoms with E-state index in [1.54, 1.807) is 4.31 Å². The summed E-state index contributed by atoms with van der Waals surface area (Å²) in [5, 5.41) is 0.639. The summed E-state index contributed by atoms with van der Waals surface area (Å²) in [7, 11) is -3.08. The molecule has 0 aliphatic carbocycles. The van der Waals surface area contributed by atoms with Crippen LogP contribution in [-0.4, -0.2) is 56.0 Å². The van der Waals surface area contributed by atoms with Crippen LogP contribution in [0.1, 0.15) is 24.8 Å². The molecule has 7 heteroatoms. The van der Waals surface area contributed by atoms with E-state index in [0.29, 0.717) is 36.4 Å². The second-order valence-electron chi connectivity index (χ2n) is 7.16. The molecule has 5 nitrogen and oxygen atoms in total. The van der Waals surface area contributed by atoms with Crippen LogP contribution in [0.4, 0.5) is 0 Å². The first-order valence-electron chi connectivity index (χ1n) is 8.81. The van der Waals surface area contributed by atoms with E-state index in [0.717, 1.165) is 37.9 Å². The van der Waals surface area contributed by atoms with E-state index in [1.165, 1.54) is 6.26 Å². The van der Waals surface area contributed by atoms with E-state index >= 15 is 0 Å². The lowest BCUT2D eigenvalue weighted by atomic mass is 9.84. The molecule has 0 N–H and O–H groups in total. The molecule has 3 rings (SSSR count). The van der Waals surface area contributed by atoms with E-state index in [4.69, 9.17) is 11.6 Å². The van der Waals surface area contributed by atoms with Crippen molar-refractivity contribution in [2.24, 2.45) is 11.8 Å². The number of benzene rings is 1. The van der Waals surface area contributed by atoms with Crippen LogP contribution >= 0.6 is 11.6 Å². The Morgan fingerprint density at radius 3 is 2.40 bits per heavy atom. The van der Waals surface area contributed by atoms with Gasteiger partial charge in [0.05, 0.1) is 12.7 Å². The fraction of sp³-hybridized carbons (Fsp3) is 0.611. The van der Waals surface area contributed by atoms with Crippen LogP contribution in [0.2, 0.25) is 5.02 Å². The Labute approximate surface area is 155 Å². The van der Waals surface area contributed by atoms with Gasteiger partial charge in [-0.15, -0.1) is 0 Å². The zero-order chi connectivity index (χ0) is 18.0. The lowest BCUT2D eigenvalue weighted by Crippen LogP contribution is -2.40. The van der Waals surface area contributed by atoms with E-state index in [9.17, 15) is 13.2 Å². The van der Waals surface area contributed by atoms with Gasteiger partial charge in [0.1, 0.15) is 0 Å². The number of halogens is 1. The van der Waals surface area contributed by atoms with Crippen molar-refractivity contribution in [2.75, 3.05) is 32.4 Å². The van der Waals surface area contributed by atoms with E-state index < -0.39 is 10.0 Å². The van der Waals surface area contributed by atoms with Crippen molar-refractivity contribution in [3.8, 4) is 0 Å². The quantitative estimate of drug-likeness (QED) is 0.800. The number of sulfonamides is 1. The topological polar surface area (TPSA) is 57.7 Å². The Bertz CT molecular complexity index is 730. The van der Waals surface area contributed by atoms with E-state index in [1.807, 2.05) is 29.2 Å². The Morgan fingerprint density at radius 1 is 1.12 bits per heavy atom. The number of carbonyl (C=O) groups is 1. The predicted molar refractivity (Wildman–Crippen MR) is 99.0 cm³/mol. The number of rotatable bonds is 4. The molecule has 2 heterocycles. The molecule has 2 aliphatic rings. The summed E-state index contributed by atoms with van der Waals surface area (Å²) >= 11 is 6.15. The van der Waals surface area contributed by atoms with Gasteiger partial charge in [-0.25, -0.2) is 12.7 Å². The maximum absolute atomic E-state index is 12.6. The van der Waals surface area contributed by atoms with Crippen LogP contribution in [0.15, 0.2) is 24.3 Å². The van der Waals surface area contributed by atoms with Gasteiger partial charge in [-0.05, 0) is 42.7 Å². The standard InChI is InChI=1S/C18H25ClN2O3S/c1-25(23,24)21-10-7-14(8-11-21)16-6-9-20(13-16)18(22)12-15-4-2-3-5-17(15)19/h2-5,14,16H,6-13H2,1H3. The van der Waals surface area contributed by atoms with Crippen molar-refractivity contribution in [3.63, 3.8) is 0 Å². The average Bonchev–Trinajstić information content (AvgIpc) is 3.06. The van der Waals surface area contributed by atoms with Crippen LogP contribution < -0.4 is 0 Å². The number of carbonyl (C=O) groups excluding carboxylic acids is 1. The van der Waals surface area contributed by atoms with Crippen LogP contribution in [0.5, 0.6) is 0 Å². The van der Waals surface area contributed by atoms with Crippen LogP contribution in [-0.2, 0) is 21.2 Å². The third-order valence-corrected chi connectivity index (χ3v) is 7.18. The lowest BCUT2D eigenvalue weighted by Gasteiger charge is -2.33. The second-order valence-corrected chi connectivity index (χ2v) is 9.55. The zero-order valence-corrected chi connectivity index (χ0v) is 16.1. The zero-order valence-electron chi connectivity index (χ0n) is 14.5. The van der Waals surface area contributed by atoms with Gasteiger partial charge in [-0.1, -0.05) is 29.8 Å². The number of hydrogen-bond acceptors (Lipinski definition) is 3. The maximum atomic E-state index is 12.6. The summed E-state index contributed by atoms with van der Waals surface area (Å²) in [4.78, 5) is 14.5. The van der Waals surface area contributed by atoms with Gasteiger partial charge in [-0.2, -0.15) is 0 Å². The molecule has 1 aromatic carbocycles. The highest BCUT2D eigenvalue weighted by molar-refractivity contribution is 7.88. The number of amides is 1. The molecule has 2 aliphatic heterocycles. The minimum atomic E-state index is -3.08. The van der Waals surface area contributed by atoms with Gasteiger partial charge in [-0.3, -0.25) is 4.79 Å². The monoisotopic (exact) mass is 384 g/mol. The average molecular weight is 385 g/mol. The molecule has 2 fully saturated rings. The molecule has 0 saturated carbocycles. The molecular formula is C18H25ClN2O3S. The molecule has 1 atom stereocenters. The molecule has 1 aromatic rings. The van der Waals surface area contributed by atoms with Crippen LogP contribution in [0.3, 0.4) is 0 Å². The van der Waals surface area contributed by atoms with E-state index in [2.05, 4.69) is 0 Å². The van der Waals surface area contributed by atoms with Gasteiger partial charge in [0.25, 0.3) is 0 Å². The third-order valence-electron chi connectivity index (χ3n) is 5.51. The van der Waals surface area contributed by atoms with Gasteiger partial charge < -0.3 is 4.90 Å². The maximum Gasteiger partial charge on any atom is 0.227 e. The first-order valence-corrected chi connectivity index (χ1v) is 11.0. The molecule has 1 unspecified atom stereocenters. The Balaban J connectivity index is 1.52. The molecule has 0 radical (unpaired) electrons. The highest BCUT2D eigenvalue weighted by atomic mass is 35.5. The molecule has 1 amide bonds. The summed E-state index contributed by atoms with van der Waals surface area (Å²) in [5.74, 6) is 1.12. The van der Waals surface area contributed by atoms with Crippen LogP contribution in [0, 0.1) is 11.8 Å². The molecule has 25 heavy (non-hydrogen) atoms. The molecule has 0 bridgehead atoms. The molecule has 138 valence electrons. The van der Waals surface area contributed by atoms with Crippen molar-refractivity contribution in [1.82, 2.24) is 9.21 Å². The summed E-state index contributed by atoms with van der Waals surface area (Å²) in [6.45, 7) is 2.79. The van der Waals surface area contributed by atoms with Crippen LogP contribution in [0.25, 0.3) is 0 Å². The Hall–Kier alpha value is -1.11. The number of nitrogens with zero attached hydrogens (tertiary/aromatic N) is 2. The number of hydrogen-bond donors (Lipinski definition) is 0. The van der Waals surface area contributed by atoms with E-state index in [-0.39, 0.29) is 5.91 Å². The van der Waals surface area contributed by atoms with Gasteiger partial charge in [0, 0.05) is 31.2 Å². The first-order chi connectivity index (χ1) is 11.8. The molecule has 0 aromatic heterocycles. The third kappa shape index (κ3) is 4.54. The van der Waals surface area contributed by atoms with Crippen molar-refractivity contribution in [2.45, 2.75) is 25.7 Å². The van der Waals surface area contributed by atoms with Gasteiger partial charge >= 0.3 is 0 Å². The lowest BCUT2D eigenvalue weighted by molar-refractivity contribution is -0.129. The SMILES string of the molecule is CS(=O)(=O)N1CCC(C2CCN(C(=O)Cc3ccccc3Cl)C2)CC1. The minimum absolute atomic E-state index is 0.129. The predicted octanol–water partition coefficient (Wildman–Crippen LogP) is 2.40. The largest absolute Gasteiger partial charge is 0.342 e. The normalized spacial score (nSPS) is 23.1. The highest BCUT2D eigenvalue weighted by Crippen LogP contribution is 2.32. The van der Waals surface area contributed by atoms with Crippen molar-refractivity contribution in [3.05, 3.63) is 34.9 Å². The number of piperidine rings is 1. The Morgan fingerprint density at radius 2 is 1.76 bits per heavy atom. The first kappa shape index (κ1) is 18.7. The van der Waals surface area contributed by atoms with Crippen molar-refractivity contribution < 1.29 is 13.2 Å². The molecule has 2 saturated heterocycles. The summed E-state index contributed by atoms with van der Waals surface area (Å²) in [5.41, 5.74) is 0.874. The van der Waals surface area contributed by atoms with Crippen molar-refractivity contribution in [1.29, 1.82) is 0 Å².